The molecule has 1 atom stereocenters. The van der Waals surface area contributed by atoms with Crippen LogP contribution in [0.4, 0.5) is 0 Å². The number of hydrogen-bond acceptors (Lipinski definition) is 5. The average Bonchev–Trinajstić information content (AvgIpc) is 2.71. The number of rotatable bonds is 5. The van der Waals surface area contributed by atoms with Gasteiger partial charge in [-0.1, -0.05) is 6.92 Å². The lowest BCUT2D eigenvalue weighted by molar-refractivity contribution is -0.136. The van der Waals surface area contributed by atoms with Crippen LogP contribution in [-0.2, 0) is 16.0 Å². The van der Waals surface area contributed by atoms with Crippen LogP contribution in [-0.4, -0.2) is 47.2 Å². The lowest BCUT2D eigenvalue weighted by atomic mass is 10.2. The zero-order valence-corrected chi connectivity index (χ0v) is 12.2. The SMILES string of the molecule is CCCN1CCOC(c2nc(C)c(CC(=O)O)s2)C1. The molecule has 1 aliphatic rings. The summed E-state index contributed by atoms with van der Waals surface area (Å²) in [7, 11) is 0. The van der Waals surface area contributed by atoms with Crippen LogP contribution in [0.5, 0.6) is 0 Å². The molecule has 5 nitrogen and oxygen atoms in total. The second-order valence-electron chi connectivity index (χ2n) is 4.79. The Kier molecular flexibility index (Phi) is 4.90. The van der Waals surface area contributed by atoms with Crippen molar-refractivity contribution in [2.24, 2.45) is 0 Å². The summed E-state index contributed by atoms with van der Waals surface area (Å²) in [4.78, 5) is 18.5. The molecule has 1 saturated heterocycles. The number of thiazole rings is 1. The Labute approximate surface area is 117 Å². The number of carboxylic acids is 1. The molecule has 0 aromatic carbocycles. The molecule has 0 radical (unpaired) electrons. The Morgan fingerprint density at radius 3 is 3.11 bits per heavy atom. The Balaban J connectivity index is 2.06. The number of aliphatic carboxylic acids is 1. The topological polar surface area (TPSA) is 62.7 Å². The first kappa shape index (κ1) is 14.4. The third-order valence-electron chi connectivity index (χ3n) is 3.19. The van der Waals surface area contributed by atoms with E-state index < -0.39 is 5.97 Å². The summed E-state index contributed by atoms with van der Waals surface area (Å²) < 4.78 is 5.77. The van der Waals surface area contributed by atoms with Gasteiger partial charge in [-0.15, -0.1) is 11.3 Å². The van der Waals surface area contributed by atoms with Crippen LogP contribution in [0, 0.1) is 6.92 Å². The first-order valence-electron chi connectivity index (χ1n) is 6.62. The number of carbonyl (C=O) groups is 1. The fourth-order valence-corrected chi connectivity index (χ4v) is 3.36. The fourth-order valence-electron chi connectivity index (χ4n) is 2.26. The zero-order chi connectivity index (χ0) is 13.8. The molecule has 1 fully saturated rings. The van der Waals surface area contributed by atoms with Crippen LogP contribution >= 0.6 is 11.3 Å². The van der Waals surface area contributed by atoms with Crippen molar-refractivity contribution >= 4 is 17.3 Å². The van der Waals surface area contributed by atoms with Gasteiger partial charge in [-0.2, -0.15) is 0 Å². The van der Waals surface area contributed by atoms with Crippen LogP contribution in [0.3, 0.4) is 0 Å². The predicted molar refractivity (Wildman–Crippen MR) is 73.6 cm³/mol. The molecule has 2 heterocycles. The number of nitrogens with zero attached hydrogens (tertiary/aromatic N) is 2. The van der Waals surface area contributed by atoms with Gasteiger partial charge in [0.15, 0.2) is 0 Å². The molecule has 0 amide bonds. The number of hydrogen-bond donors (Lipinski definition) is 1. The van der Waals surface area contributed by atoms with Crippen molar-refractivity contribution in [1.29, 1.82) is 0 Å². The second kappa shape index (κ2) is 6.45. The smallest absolute Gasteiger partial charge is 0.308 e. The summed E-state index contributed by atoms with van der Waals surface area (Å²) in [6.45, 7) is 7.65. The first-order chi connectivity index (χ1) is 9.10. The number of carboxylic acid groups (broad SMARTS) is 1. The fraction of sp³-hybridized carbons (Fsp3) is 0.692. The Morgan fingerprint density at radius 1 is 1.63 bits per heavy atom. The van der Waals surface area contributed by atoms with Crippen molar-refractivity contribution in [2.45, 2.75) is 32.8 Å². The second-order valence-corrected chi connectivity index (χ2v) is 5.91. The number of aryl methyl sites for hydroxylation is 1. The van der Waals surface area contributed by atoms with Crippen LogP contribution in [0.2, 0.25) is 0 Å². The van der Waals surface area contributed by atoms with Gasteiger partial charge >= 0.3 is 5.97 Å². The zero-order valence-electron chi connectivity index (χ0n) is 11.4. The Hall–Kier alpha value is -0.980. The van der Waals surface area contributed by atoms with Crippen LogP contribution < -0.4 is 0 Å². The van der Waals surface area contributed by atoms with Crippen LogP contribution in [0.1, 0.15) is 35.0 Å². The number of ether oxygens (including phenoxy) is 1. The highest BCUT2D eigenvalue weighted by Crippen LogP contribution is 2.28. The van der Waals surface area contributed by atoms with Crippen molar-refractivity contribution < 1.29 is 14.6 Å². The minimum atomic E-state index is -0.810. The van der Waals surface area contributed by atoms with E-state index in [0.717, 1.165) is 48.2 Å². The molecule has 2 rings (SSSR count). The maximum Gasteiger partial charge on any atom is 0.308 e. The molecule has 106 valence electrons. The molecule has 1 aromatic rings. The molecule has 1 aromatic heterocycles. The Morgan fingerprint density at radius 2 is 2.42 bits per heavy atom. The van der Waals surface area contributed by atoms with Gasteiger partial charge in [-0.05, 0) is 19.9 Å². The van der Waals surface area contributed by atoms with Crippen molar-refractivity contribution in [3.05, 3.63) is 15.6 Å². The molecule has 6 heteroatoms. The molecule has 1 unspecified atom stereocenters. The van der Waals surface area contributed by atoms with E-state index in [4.69, 9.17) is 9.84 Å². The van der Waals surface area contributed by atoms with Gasteiger partial charge in [0, 0.05) is 18.0 Å². The van der Waals surface area contributed by atoms with Crippen LogP contribution in [0.25, 0.3) is 0 Å². The van der Waals surface area contributed by atoms with Gasteiger partial charge in [0.2, 0.25) is 0 Å². The van der Waals surface area contributed by atoms with Crippen molar-refractivity contribution in [1.82, 2.24) is 9.88 Å². The van der Waals surface area contributed by atoms with Gasteiger partial charge in [-0.25, -0.2) is 4.98 Å². The third kappa shape index (κ3) is 3.75. The maximum atomic E-state index is 10.8. The molecular weight excluding hydrogens is 264 g/mol. The van der Waals surface area contributed by atoms with Gasteiger partial charge in [0.25, 0.3) is 0 Å². The van der Waals surface area contributed by atoms with Gasteiger partial charge in [-0.3, -0.25) is 9.69 Å². The van der Waals surface area contributed by atoms with E-state index in [0.29, 0.717) is 0 Å². The molecule has 1 N–H and O–H groups in total. The standard InChI is InChI=1S/C13H20N2O3S/c1-3-4-15-5-6-18-10(8-15)13-14-9(2)11(19-13)7-12(16)17/h10H,3-8H2,1-2H3,(H,16,17). The van der Waals surface area contributed by atoms with E-state index >= 15 is 0 Å². The molecular formula is C13H20N2O3S. The predicted octanol–water partition coefficient (Wildman–Crippen LogP) is 1.86. The van der Waals surface area contributed by atoms with E-state index in [-0.39, 0.29) is 12.5 Å². The summed E-state index contributed by atoms with van der Waals surface area (Å²) in [5.74, 6) is -0.810. The van der Waals surface area contributed by atoms with Crippen molar-refractivity contribution in [3.8, 4) is 0 Å². The molecule has 0 saturated carbocycles. The van der Waals surface area contributed by atoms with E-state index in [1.165, 1.54) is 11.3 Å². The highest BCUT2D eigenvalue weighted by atomic mass is 32.1. The monoisotopic (exact) mass is 284 g/mol. The van der Waals surface area contributed by atoms with Crippen LogP contribution in [0.15, 0.2) is 0 Å². The lowest BCUT2D eigenvalue weighted by Gasteiger charge is -2.31. The number of aromatic nitrogens is 1. The van der Waals surface area contributed by atoms with Crippen molar-refractivity contribution in [3.63, 3.8) is 0 Å². The summed E-state index contributed by atoms with van der Waals surface area (Å²) >= 11 is 1.47. The summed E-state index contributed by atoms with van der Waals surface area (Å²) in [6, 6.07) is 0. The Bertz CT molecular complexity index is 445. The molecule has 0 bridgehead atoms. The van der Waals surface area contributed by atoms with Gasteiger partial charge in [0.1, 0.15) is 11.1 Å². The summed E-state index contributed by atoms with van der Waals surface area (Å²) in [5.41, 5.74) is 0.818. The summed E-state index contributed by atoms with van der Waals surface area (Å²) in [6.07, 6.45) is 1.18. The summed E-state index contributed by atoms with van der Waals surface area (Å²) in [5, 5.41) is 9.77. The minimum absolute atomic E-state index is 0.00783. The largest absolute Gasteiger partial charge is 0.481 e. The molecule has 1 aliphatic heterocycles. The van der Waals surface area contributed by atoms with Gasteiger partial charge < -0.3 is 9.84 Å². The maximum absolute atomic E-state index is 10.8. The average molecular weight is 284 g/mol. The quantitative estimate of drug-likeness (QED) is 0.894. The van der Waals surface area contributed by atoms with Crippen molar-refractivity contribution in [2.75, 3.05) is 26.2 Å². The highest BCUT2D eigenvalue weighted by Gasteiger charge is 2.25. The van der Waals surface area contributed by atoms with Gasteiger partial charge in [0.05, 0.1) is 18.7 Å². The minimum Gasteiger partial charge on any atom is -0.481 e. The highest BCUT2D eigenvalue weighted by molar-refractivity contribution is 7.11. The molecule has 19 heavy (non-hydrogen) atoms. The number of morpholine rings is 1. The first-order valence-corrected chi connectivity index (χ1v) is 7.43. The third-order valence-corrected chi connectivity index (χ3v) is 4.44. The van der Waals surface area contributed by atoms with E-state index in [1.807, 2.05) is 6.92 Å². The van der Waals surface area contributed by atoms with E-state index in [9.17, 15) is 4.79 Å². The lowest BCUT2D eigenvalue weighted by Crippen LogP contribution is -2.38. The normalized spacial score (nSPS) is 20.6. The molecule has 0 spiro atoms. The molecule has 0 aliphatic carbocycles. The van der Waals surface area contributed by atoms with E-state index in [1.54, 1.807) is 0 Å². The van der Waals surface area contributed by atoms with E-state index in [2.05, 4.69) is 16.8 Å².